The molecule has 1 aliphatic rings. The van der Waals surface area contributed by atoms with E-state index in [0.717, 1.165) is 18.4 Å². The predicted octanol–water partition coefficient (Wildman–Crippen LogP) is 4.96. The number of carbonyl (C=O) groups excluding carboxylic acids is 1. The van der Waals surface area contributed by atoms with Crippen molar-refractivity contribution in [3.05, 3.63) is 23.9 Å². The second-order valence-electron chi connectivity index (χ2n) is 7.88. The fourth-order valence-electron chi connectivity index (χ4n) is 3.28. The maximum absolute atomic E-state index is 12.9. The molecule has 1 heterocycles. The number of ether oxygens (including phenoxy) is 1. The van der Waals surface area contributed by atoms with Crippen molar-refractivity contribution in [1.29, 1.82) is 0 Å². The number of aromatic nitrogens is 1. The van der Waals surface area contributed by atoms with Crippen LogP contribution >= 0.6 is 0 Å². The molecule has 0 saturated heterocycles. The molecule has 1 saturated carbocycles. The molecular formula is C19H30N2O2. The van der Waals surface area contributed by atoms with E-state index in [-0.39, 0.29) is 12.1 Å². The van der Waals surface area contributed by atoms with Crippen molar-refractivity contribution in [1.82, 2.24) is 4.98 Å². The minimum atomic E-state index is -0.511. The Bertz CT molecular complexity index is 551. The van der Waals surface area contributed by atoms with Gasteiger partial charge in [-0.25, -0.2) is 9.78 Å². The van der Waals surface area contributed by atoms with Crippen LogP contribution in [-0.4, -0.2) is 22.7 Å². The summed E-state index contributed by atoms with van der Waals surface area (Å²) >= 11 is 0. The van der Waals surface area contributed by atoms with Crippen LogP contribution in [-0.2, 0) is 4.74 Å². The smallest absolute Gasteiger partial charge is 0.416 e. The van der Waals surface area contributed by atoms with E-state index in [4.69, 9.17) is 4.74 Å². The fraction of sp³-hybridized carbons (Fsp3) is 0.684. The highest BCUT2D eigenvalue weighted by atomic mass is 16.6. The molecule has 23 heavy (non-hydrogen) atoms. The van der Waals surface area contributed by atoms with Gasteiger partial charge >= 0.3 is 6.09 Å². The third-order valence-electron chi connectivity index (χ3n) is 4.73. The van der Waals surface area contributed by atoms with Crippen molar-refractivity contribution in [2.24, 2.45) is 11.8 Å². The molecule has 2 rings (SSSR count). The van der Waals surface area contributed by atoms with Crippen LogP contribution in [0.1, 0.15) is 59.4 Å². The summed E-state index contributed by atoms with van der Waals surface area (Å²) in [5.74, 6) is 1.73. The number of anilines is 1. The van der Waals surface area contributed by atoms with Gasteiger partial charge < -0.3 is 4.74 Å². The van der Waals surface area contributed by atoms with E-state index in [1.807, 2.05) is 39.8 Å². The molecule has 1 amide bonds. The van der Waals surface area contributed by atoms with Gasteiger partial charge in [0.05, 0.1) is 0 Å². The Hall–Kier alpha value is -1.58. The Kier molecular flexibility index (Phi) is 5.33. The van der Waals surface area contributed by atoms with Crippen molar-refractivity contribution < 1.29 is 9.53 Å². The number of pyridine rings is 1. The lowest BCUT2D eigenvalue weighted by atomic mass is 9.77. The zero-order valence-corrected chi connectivity index (χ0v) is 15.3. The molecule has 0 spiro atoms. The Balaban J connectivity index is 2.36. The predicted molar refractivity (Wildman–Crippen MR) is 93.7 cm³/mol. The molecule has 1 aromatic rings. The SMILES string of the molecule is Cc1ccnc(N(C(=O)OC(C)(C)C)C2CCCC(C)C2C)c1. The maximum Gasteiger partial charge on any atom is 0.416 e. The van der Waals surface area contributed by atoms with E-state index in [0.29, 0.717) is 17.7 Å². The van der Waals surface area contributed by atoms with Crippen LogP contribution in [0.2, 0.25) is 0 Å². The molecule has 1 aliphatic carbocycles. The lowest BCUT2D eigenvalue weighted by Crippen LogP contribution is -2.49. The van der Waals surface area contributed by atoms with Crippen LogP contribution in [0.15, 0.2) is 18.3 Å². The zero-order chi connectivity index (χ0) is 17.2. The summed E-state index contributed by atoms with van der Waals surface area (Å²) in [5, 5.41) is 0. The molecule has 0 bridgehead atoms. The summed E-state index contributed by atoms with van der Waals surface area (Å²) in [7, 11) is 0. The molecule has 0 radical (unpaired) electrons. The second kappa shape index (κ2) is 6.90. The number of carbonyl (C=O) groups is 1. The van der Waals surface area contributed by atoms with Crippen molar-refractivity contribution in [3.63, 3.8) is 0 Å². The molecule has 4 nitrogen and oxygen atoms in total. The Morgan fingerprint density at radius 3 is 2.61 bits per heavy atom. The molecule has 0 aliphatic heterocycles. The van der Waals surface area contributed by atoms with Crippen molar-refractivity contribution in [3.8, 4) is 0 Å². The van der Waals surface area contributed by atoms with Crippen molar-refractivity contribution >= 4 is 11.9 Å². The summed E-state index contributed by atoms with van der Waals surface area (Å²) in [5.41, 5.74) is 0.586. The number of nitrogens with zero attached hydrogens (tertiary/aromatic N) is 2. The third kappa shape index (κ3) is 4.46. The molecule has 3 atom stereocenters. The van der Waals surface area contributed by atoms with Gasteiger partial charge in [-0.1, -0.05) is 26.7 Å². The van der Waals surface area contributed by atoms with Crippen LogP contribution in [0.25, 0.3) is 0 Å². The normalized spacial score (nSPS) is 25.0. The zero-order valence-electron chi connectivity index (χ0n) is 15.3. The first-order valence-corrected chi connectivity index (χ1v) is 8.64. The van der Waals surface area contributed by atoms with Crippen LogP contribution in [0.4, 0.5) is 10.6 Å². The lowest BCUT2D eigenvalue weighted by molar-refractivity contribution is 0.0532. The first kappa shape index (κ1) is 17.8. The van der Waals surface area contributed by atoms with E-state index in [1.165, 1.54) is 6.42 Å². The number of amides is 1. The molecule has 128 valence electrons. The Morgan fingerprint density at radius 2 is 2.00 bits per heavy atom. The number of rotatable bonds is 2. The first-order chi connectivity index (χ1) is 10.7. The highest BCUT2D eigenvalue weighted by Crippen LogP contribution is 2.35. The number of hydrogen-bond acceptors (Lipinski definition) is 3. The summed E-state index contributed by atoms with van der Waals surface area (Å²) in [6.07, 6.45) is 4.84. The van der Waals surface area contributed by atoms with Gasteiger partial charge in [0.1, 0.15) is 11.4 Å². The average Bonchev–Trinajstić information content (AvgIpc) is 2.42. The fourth-order valence-corrected chi connectivity index (χ4v) is 3.28. The van der Waals surface area contributed by atoms with Gasteiger partial charge in [-0.05, 0) is 63.6 Å². The quantitative estimate of drug-likeness (QED) is 0.774. The standard InChI is InChI=1S/C19H30N2O2/c1-13-10-11-20-17(12-13)21(18(22)23-19(4,5)6)16-9-7-8-14(2)15(16)3/h10-12,14-16H,7-9H2,1-6H3. The minimum Gasteiger partial charge on any atom is -0.443 e. The molecule has 1 aromatic heterocycles. The Labute approximate surface area is 140 Å². The molecule has 4 heteroatoms. The van der Waals surface area contributed by atoms with Gasteiger partial charge in [-0.2, -0.15) is 0 Å². The van der Waals surface area contributed by atoms with Gasteiger partial charge in [0.2, 0.25) is 0 Å². The summed E-state index contributed by atoms with van der Waals surface area (Å²) in [4.78, 5) is 19.1. The Morgan fingerprint density at radius 1 is 1.30 bits per heavy atom. The van der Waals surface area contributed by atoms with Gasteiger partial charge in [0.25, 0.3) is 0 Å². The largest absolute Gasteiger partial charge is 0.443 e. The van der Waals surface area contributed by atoms with Crippen LogP contribution in [0.3, 0.4) is 0 Å². The minimum absolute atomic E-state index is 0.142. The highest BCUT2D eigenvalue weighted by molar-refractivity contribution is 5.87. The van der Waals surface area contributed by atoms with E-state index in [1.54, 1.807) is 11.1 Å². The highest BCUT2D eigenvalue weighted by Gasteiger charge is 2.37. The molecule has 0 N–H and O–H groups in total. The van der Waals surface area contributed by atoms with E-state index in [2.05, 4.69) is 18.8 Å². The third-order valence-corrected chi connectivity index (χ3v) is 4.73. The van der Waals surface area contributed by atoms with Crippen LogP contribution in [0.5, 0.6) is 0 Å². The second-order valence-corrected chi connectivity index (χ2v) is 7.88. The summed E-state index contributed by atoms with van der Waals surface area (Å²) in [6.45, 7) is 12.2. The number of aryl methyl sites for hydroxylation is 1. The molecular weight excluding hydrogens is 288 g/mol. The monoisotopic (exact) mass is 318 g/mol. The maximum atomic E-state index is 12.9. The summed E-state index contributed by atoms with van der Waals surface area (Å²) < 4.78 is 5.68. The van der Waals surface area contributed by atoms with Gasteiger partial charge in [0.15, 0.2) is 0 Å². The molecule has 3 unspecified atom stereocenters. The van der Waals surface area contributed by atoms with Gasteiger partial charge in [-0.3, -0.25) is 4.90 Å². The van der Waals surface area contributed by atoms with E-state index >= 15 is 0 Å². The van der Waals surface area contributed by atoms with Gasteiger partial charge in [-0.15, -0.1) is 0 Å². The molecule has 1 fully saturated rings. The van der Waals surface area contributed by atoms with E-state index < -0.39 is 5.60 Å². The molecule has 0 aromatic carbocycles. The van der Waals surface area contributed by atoms with E-state index in [9.17, 15) is 4.79 Å². The topological polar surface area (TPSA) is 42.4 Å². The first-order valence-electron chi connectivity index (χ1n) is 8.64. The average molecular weight is 318 g/mol. The van der Waals surface area contributed by atoms with Crippen LogP contribution in [0, 0.1) is 18.8 Å². The number of hydrogen-bond donors (Lipinski definition) is 0. The van der Waals surface area contributed by atoms with Gasteiger partial charge in [0, 0.05) is 12.2 Å². The lowest BCUT2D eigenvalue weighted by Gasteiger charge is -2.41. The van der Waals surface area contributed by atoms with Crippen LogP contribution < -0.4 is 4.90 Å². The summed E-state index contributed by atoms with van der Waals surface area (Å²) in [6, 6.07) is 4.06. The van der Waals surface area contributed by atoms with Crippen molar-refractivity contribution in [2.45, 2.75) is 72.4 Å². The van der Waals surface area contributed by atoms with Crippen molar-refractivity contribution in [2.75, 3.05) is 4.90 Å².